The Bertz CT molecular complexity index is 749. The van der Waals surface area contributed by atoms with Crippen LogP contribution in [0.1, 0.15) is 16.8 Å². The van der Waals surface area contributed by atoms with Crippen LogP contribution in [0.2, 0.25) is 0 Å². The Morgan fingerprint density at radius 2 is 1.76 bits per heavy atom. The van der Waals surface area contributed by atoms with E-state index in [1.165, 1.54) is 19.2 Å². The summed E-state index contributed by atoms with van der Waals surface area (Å²) in [5.74, 6) is -1.42. The molecule has 2 aromatic rings. The number of amides is 1. The van der Waals surface area contributed by atoms with Crippen LogP contribution in [-0.2, 0) is 20.3 Å². The molecule has 7 heteroatoms. The van der Waals surface area contributed by atoms with Crippen molar-refractivity contribution in [2.45, 2.75) is 17.4 Å². The van der Waals surface area contributed by atoms with Gasteiger partial charge in [0.25, 0.3) is 5.91 Å². The topological polar surface area (TPSA) is 72.5 Å². The zero-order valence-electron chi connectivity index (χ0n) is 13.6. The van der Waals surface area contributed by atoms with Gasteiger partial charge in [-0.2, -0.15) is 0 Å². The van der Waals surface area contributed by atoms with Gasteiger partial charge in [-0.1, -0.05) is 18.2 Å². The normalized spacial score (nSPS) is 12.9. The molecule has 0 saturated heterocycles. The molecule has 0 bridgehead atoms. The van der Waals surface area contributed by atoms with Crippen LogP contribution in [0, 0.1) is 5.82 Å². The second-order valence-electron chi connectivity index (χ2n) is 5.21. The molecule has 0 saturated carbocycles. The molecular formula is C18H18FNO4S. The van der Waals surface area contributed by atoms with Crippen LogP contribution in [0.25, 0.3) is 0 Å². The average molecular weight is 363 g/mol. The molecular weight excluding hydrogens is 345 g/mol. The zero-order valence-corrected chi connectivity index (χ0v) is 14.4. The van der Waals surface area contributed by atoms with Gasteiger partial charge in [-0.3, -0.25) is 9.00 Å². The first-order valence-corrected chi connectivity index (χ1v) is 8.91. The third-order valence-corrected chi connectivity index (χ3v) is 4.90. The molecule has 132 valence electrons. The smallest absolute Gasteiger partial charge is 0.328 e. The largest absolute Gasteiger partial charge is 0.467 e. The summed E-state index contributed by atoms with van der Waals surface area (Å²) in [6.07, 6.45) is 0.154. The zero-order chi connectivity index (χ0) is 18.2. The highest BCUT2D eigenvalue weighted by atomic mass is 32.2. The molecule has 0 spiro atoms. The number of hydrogen-bond acceptors (Lipinski definition) is 4. The first-order chi connectivity index (χ1) is 12.0. The highest BCUT2D eigenvalue weighted by molar-refractivity contribution is 7.85. The van der Waals surface area contributed by atoms with E-state index in [-0.39, 0.29) is 17.7 Å². The van der Waals surface area contributed by atoms with Crippen LogP contribution >= 0.6 is 0 Å². The number of carbonyl (C=O) groups is 2. The minimum Gasteiger partial charge on any atom is -0.467 e. The Kier molecular flexibility index (Phi) is 6.82. The van der Waals surface area contributed by atoms with Crippen molar-refractivity contribution in [3.63, 3.8) is 0 Å². The van der Waals surface area contributed by atoms with Crippen molar-refractivity contribution in [3.05, 3.63) is 66.0 Å². The van der Waals surface area contributed by atoms with Gasteiger partial charge in [0.15, 0.2) is 0 Å². The van der Waals surface area contributed by atoms with Gasteiger partial charge in [-0.05, 0) is 42.8 Å². The van der Waals surface area contributed by atoms with Gasteiger partial charge in [0.05, 0.1) is 17.9 Å². The molecule has 5 nitrogen and oxygen atoms in total. The summed E-state index contributed by atoms with van der Waals surface area (Å²) >= 11 is 0. The number of rotatable bonds is 7. The minimum atomic E-state index is -1.29. The maximum atomic E-state index is 12.9. The number of nitrogens with one attached hydrogen (secondary N) is 1. The van der Waals surface area contributed by atoms with Crippen molar-refractivity contribution in [1.82, 2.24) is 5.32 Å². The van der Waals surface area contributed by atoms with Gasteiger partial charge in [0.1, 0.15) is 11.9 Å². The summed E-state index contributed by atoms with van der Waals surface area (Å²) in [5, 5.41) is 2.54. The molecule has 25 heavy (non-hydrogen) atoms. The SMILES string of the molecule is COC(=O)[C@@H](CC[S@](=O)c1ccccc1)NC(=O)c1ccc(F)cc1. The van der Waals surface area contributed by atoms with Crippen molar-refractivity contribution in [1.29, 1.82) is 0 Å². The predicted molar refractivity (Wildman–Crippen MR) is 92.0 cm³/mol. The Morgan fingerprint density at radius 3 is 2.36 bits per heavy atom. The number of hydrogen-bond donors (Lipinski definition) is 1. The molecule has 0 unspecified atom stereocenters. The maximum Gasteiger partial charge on any atom is 0.328 e. The first-order valence-electron chi connectivity index (χ1n) is 7.59. The molecule has 1 amide bonds. The van der Waals surface area contributed by atoms with Gasteiger partial charge >= 0.3 is 5.97 Å². The van der Waals surface area contributed by atoms with Crippen molar-refractivity contribution < 1.29 is 22.9 Å². The molecule has 2 atom stereocenters. The molecule has 0 aliphatic carbocycles. The summed E-state index contributed by atoms with van der Waals surface area (Å²) < 4.78 is 29.9. The van der Waals surface area contributed by atoms with E-state index in [1.54, 1.807) is 24.3 Å². The monoisotopic (exact) mass is 363 g/mol. The summed E-state index contributed by atoms with van der Waals surface area (Å²) in [6.45, 7) is 0. The lowest BCUT2D eigenvalue weighted by Gasteiger charge is -2.16. The second kappa shape index (κ2) is 9.08. The molecule has 2 rings (SSSR count). The standard InChI is InChI=1S/C18H18FNO4S/c1-24-18(22)16(11-12-25(23)15-5-3-2-4-6-15)20-17(21)13-7-9-14(19)10-8-13/h2-10,16H,11-12H2,1H3,(H,20,21)/t16-,25+/m1/s1. The van der Waals surface area contributed by atoms with E-state index in [2.05, 4.69) is 5.32 Å². The van der Waals surface area contributed by atoms with Crippen LogP contribution in [-0.4, -0.2) is 35.0 Å². The van der Waals surface area contributed by atoms with E-state index in [0.717, 1.165) is 12.1 Å². The Hall–Kier alpha value is -2.54. The van der Waals surface area contributed by atoms with Crippen LogP contribution < -0.4 is 5.32 Å². The van der Waals surface area contributed by atoms with E-state index < -0.39 is 34.5 Å². The maximum absolute atomic E-state index is 12.9. The Morgan fingerprint density at radius 1 is 1.12 bits per heavy atom. The lowest BCUT2D eigenvalue weighted by molar-refractivity contribution is -0.142. The molecule has 0 radical (unpaired) electrons. The third-order valence-electron chi connectivity index (χ3n) is 3.50. The van der Waals surface area contributed by atoms with Crippen molar-refractivity contribution in [2.75, 3.05) is 12.9 Å². The molecule has 0 aliphatic heterocycles. The van der Waals surface area contributed by atoms with Gasteiger partial charge in [0, 0.05) is 16.2 Å². The summed E-state index contributed by atoms with van der Waals surface area (Å²) in [6, 6.07) is 12.9. The van der Waals surface area contributed by atoms with Crippen LogP contribution in [0.5, 0.6) is 0 Å². The summed E-state index contributed by atoms with van der Waals surface area (Å²) in [4.78, 5) is 24.7. The molecule has 0 aliphatic rings. The second-order valence-corrected chi connectivity index (χ2v) is 6.78. The number of halogens is 1. The van der Waals surface area contributed by atoms with Gasteiger partial charge < -0.3 is 10.1 Å². The summed E-state index contributed by atoms with van der Waals surface area (Å²) in [5.41, 5.74) is 0.222. The fraction of sp³-hybridized carbons (Fsp3) is 0.222. The number of carbonyl (C=O) groups excluding carboxylic acids is 2. The van der Waals surface area contributed by atoms with Crippen molar-refractivity contribution >= 4 is 22.7 Å². The first kappa shape index (κ1) is 18.8. The van der Waals surface area contributed by atoms with Crippen LogP contribution in [0.15, 0.2) is 59.5 Å². The lowest BCUT2D eigenvalue weighted by Crippen LogP contribution is -2.42. The average Bonchev–Trinajstić information content (AvgIpc) is 2.65. The highest BCUT2D eigenvalue weighted by Gasteiger charge is 2.23. The molecule has 0 aromatic heterocycles. The molecule has 2 aromatic carbocycles. The van der Waals surface area contributed by atoms with E-state index in [1.807, 2.05) is 6.07 Å². The molecule has 0 heterocycles. The van der Waals surface area contributed by atoms with Gasteiger partial charge in [-0.15, -0.1) is 0 Å². The quantitative estimate of drug-likeness (QED) is 0.766. The number of esters is 1. The minimum absolute atomic E-state index is 0.154. The van der Waals surface area contributed by atoms with E-state index in [0.29, 0.717) is 4.90 Å². The van der Waals surface area contributed by atoms with Crippen molar-refractivity contribution in [2.24, 2.45) is 0 Å². The molecule has 0 fully saturated rings. The van der Waals surface area contributed by atoms with Crippen molar-refractivity contribution in [3.8, 4) is 0 Å². The van der Waals surface area contributed by atoms with E-state index in [4.69, 9.17) is 4.74 Å². The predicted octanol–water partition coefficient (Wildman–Crippen LogP) is 2.30. The fourth-order valence-corrected chi connectivity index (χ4v) is 3.30. The van der Waals surface area contributed by atoms with Gasteiger partial charge in [0.2, 0.25) is 0 Å². The van der Waals surface area contributed by atoms with Crippen LogP contribution in [0.3, 0.4) is 0 Å². The van der Waals surface area contributed by atoms with E-state index in [9.17, 15) is 18.2 Å². The lowest BCUT2D eigenvalue weighted by atomic mass is 10.1. The van der Waals surface area contributed by atoms with E-state index >= 15 is 0 Å². The van der Waals surface area contributed by atoms with Gasteiger partial charge in [-0.25, -0.2) is 9.18 Å². The van der Waals surface area contributed by atoms with Crippen LogP contribution in [0.4, 0.5) is 4.39 Å². The summed E-state index contributed by atoms with van der Waals surface area (Å²) in [7, 11) is -0.0778. The number of ether oxygens (including phenoxy) is 1. The third kappa shape index (κ3) is 5.49. The molecule has 1 N–H and O–H groups in total. The number of methoxy groups -OCH3 is 1. The fourth-order valence-electron chi connectivity index (χ4n) is 2.15. The highest BCUT2D eigenvalue weighted by Crippen LogP contribution is 2.09. The number of benzene rings is 2. The Labute approximate surface area is 147 Å². The Balaban J connectivity index is 2.01.